The van der Waals surface area contributed by atoms with Crippen molar-refractivity contribution in [1.29, 1.82) is 0 Å². The normalized spacial score (nSPS) is 9.94. The fourth-order valence-corrected chi connectivity index (χ4v) is 3.18. The lowest BCUT2D eigenvalue weighted by Crippen LogP contribution is -2.35. The van der Waals surface area contributed by atoms with Gasteiger partial charge in [0.1, 0.15) is 18.2 Å². The van der Waals surface area contributed by atoms with Crippen molar-refractivity contribution in [2.24, 2.45) is 0 Å². The fraction of sp³-hybridized carbons (Fsp3) is 0.333. The summed E-state index contributed by atoms with van der Waals surface area (Å²) in [6, 6.07) is 9.70. The van der Waals surface area contributed by atoms with Crippen molar-refractivity contribution in [1.82, 2.24) is 14.7 Å². The molecule has 0 unspecified atom stereocenters. The number of terminal acetylenes is 1. The number of nitrogens with zero attached hydrogens (tertiary/aromatic N) is 2. The second-order valence-electron chi connectivity index (χ2n) is 6.90. The molecule has 0 aromatic heterocycles. The zero-order chi connectivity index (χ0) is 27.3. The van der Waals surface area contributed by atoms with E-state index in [0.717, 1.165) is 0 Å². The lowest BCUT2D eigenvalue weighted by atomic mass is 10.3. The predicted molar refractivity (Wildman–Crippen MR) is 133 cm³/mol. The Balaban J connectivity index is 0.00000117. The molecule has 2 aromatic carbocycles. The van der Waals surface area contributed by atoms with Crippen LogP contribution in [0.4, 0.5) is 8.78 Å². The first-order chi connectivity index (χ1) is 17.3. The second kappa shape index (κ2) is 20.0. The summed E-state index contributed by atoms with van der Waals surface area (Å²) in [6.07, 6.45) is 8.00. The van der Waals surface area contributed by atoms with E-state index in [1.807, 2.05) is 19.0 Å². The Hall–Kier alpha value is -3.21. The molecule has 0 atom stereocenters. The zero-order valence-electron chi connectivity index (χ0n) is 20.4. The molecule has 1 amide bonds. The van der Waals surface area contributed by atoms with Crippen LogP contribution in [0.5, 0.6) is 11.5 Å². The average molecular weight is 528 g/mol. The minimum absolute atomic E-state index is 0.0129. The molecule has 2 N–H and O–H groups in total. The highest BCUT2D eigenvalue weighted by molar-refractivity contribution is 7.97. The third-order valence-electron chi connectivity index (χ3n) is 3.89. The quantitative estimate of drug-likeness (QED) is 0.102. The monoisotopic (exact) mass is 527 g/mol. The molecule has 0 heterocycles. The molecular weight excluding hydrogens is 496 g/mol. The molecule has 12 heteroatoms. The van der Waals surface area contributed by atoms with E-state index in [2.05, 4.69) is 22.3 Å². The van der Waals surface area contributed by atoms with Gasteiger partial charge in [0.2, 0.25) is 0 Å². The van der Waals surface area contributed by atoms with E-state index in [9.17, 15) is 18.4 Å². The molecule has 9 nitrogen and oxygen atoms in total. The molecule has 0 fully saturated rings. The van der Waals surface area contributed by atoms with Crippen molar-refractivity contribution in [2.75, 3.05) is 54.1 Å². The summed E-state index contributed by atoms with van der Waals surface area (Å²) in [5, 5.41) is 8.72. The van der Waals surface area contributed by atoms with Crippen molar-refractivity contribution >= 4 is 24.3 Å². The number of amides is 1. The average Bonchev–Trinajstić information content (AvgIpc) is 2.87. The van der Waals surface area contributed by atoms with Crippen LogP contribution in [0, 0.1) is 24.5 Å². The molecule has 0 saturated heterocycles. The molecule has 0 aliphatic rings. The molecule has 2 aromatic rings. The summed E-state index contributed by atoms with van der Waals surface area (Å²) in [5.74, 6) is -1.21. The number of nitrogens with one attached hydrogen (secondary N) is 1. The highest BCUT2D eigenvalue weighted by Gasteiger charge is 2.14. The van der Waals surface area contributed by atoms with Gasteiger partial charge in [0, 0.05) is 25.1 Å². The van der Waals surface area contributed by atoms with Crippen LogP contribution in [-0.4, -0.2) is 80.8 Å². The summed E-state index contributed by atoms with van der Waals surface area (Å²) in [7, 11) is 5.35. The first-order valence-electron chi connectivity index (χ1n) is 10.4. The first kappa shape index (κ1) is 32.8. The number of hydroxylamine groups is 1. The number of halogens is 2. The van der Waals surface area contributed by atoms with E-state index in [1.54, 1.807) is 23.0 Å². The van der Waals surface area contributed by atoms with Gasteiger partial charge in [-0.2, -0.15) is 0 Å². The van der Waals surface area contributed by atoms with Crippen molar-refractivity contribution in [2.45, 2.75) is 4.90 Å². The number of hydrogen-bond acceptors (Lipinski definition) is 9. The number of carbonyl (C=O) groups is 2. The maximum Gasteiger partial charge on any atom is 0.293 e. The Labute approximate surface area is 214 Å². The van der Waals surface area contributed by atoms with Crippen LogP contribution in [0.25, 0.3) is 0 Å². The van der Waals surface area contributed by atoms with E-state index in [0.29, 0.717) is 43.4 Å². The highest BCUT2D eigenvalue weighted by Crippen LogP contribution is 2.30. The van der Waals surface area contributed by atoms with Crippen LogP contribution in [0.3, 0.4) is 0 Å². The Bertz CT molecular complexity index is 916. The maximum absolute atomic E-state index is 14.3. The Kier molecular flexibility index (Phi) is 18.2. The molecular formula is C24H31F2N3O6S. The largest absolute Gasteiger partial charge is 0.465 e. The van der Waals surface area contributed by atoms with Gasteiger partial charge in [-0.15, -0.1) is 12.8 Å². The fourth-order valence-electron chi connectivity index (χ4n) is 2.24. The van der Waals surface area contributed by atoms with E-state index in [1.165, 1.54) is 48.3 Å². The van der Waals surface area contributed by atoms with Crippen LogP contribution in [0.1, 0.15) is 0 Å². The van der Waals surface area contributed by atoms with Crippen molar-refractivity contribution in [3.8, 4) is 24.3 Å². The molecule has 0 aliphatic carbocycles. The summed E-state index contributed by atoms with van der Waals surface area (Å²) >= 11 is 1.20. The van der Waals surface area contributed by atoms with Crippen molar-refractivity contribution in [3.05, 3.63) is 54.1 Å². The van der Waals surface area contributed by atoms with Crippen LogP contribution >= 0.6 is 11.9 Å². The number of hydrogen-bond donors (Lipinski definition) is 2. The lowest BCUT2D eigenvalue weighted by Gasteiger charge is -2.22. The van der Waals surface area contributed by atoms with E-state index in [-0.39, 0.29) is 12.3 Å². The van der Waals surface area contributed by atoms with Crippen LogP contribution in [0.15, 0.2) is 47.4 Å². The SMILES string of the molecule is C#C.CN(C)CCN(CC(=O)NO)Sc1ccc(Oc2ccc(F)cc2)c(F)c1.COCCOC=O. The number of carbonyl (C=O) groups excluding carboxylic acids is 2. The molecule has 198 valence electrons. The van der Waals surface area contributed by atoms with Crippen LogP contribution < -0.4 is 10.2 Å². The number of ether oxygens (including phenoxy) is 3. The van der Waals surface area contributed by atoms with Gasteiger partial charge >= 0.3 is 0 Å². The van der Waals surface area contributed by atoms with E-state index >= 15 is 0 Å². The Morgan fingerprint density at radius 1 is 1.11 bits per heavy atom. The van der Waals surface area contributed by atoms with E-state index in [4.69, 9.17) is 9.94 Å². The number of methoxy groups -OCH3 is 1. The van der Waals surface area contributed by atoms with Gasteiger partial charge in [0.15, 0.2) is 11.6 Å². The molecule has 2 rings (SSSR count). The standard InChI is InChI=1S/C18H21F2N3O3S.C4H8O3.C2H2/c1-22(2)9-10-23(12-18(24)21-25)27-15-7-8-17(16(20)11-15)26-14-5-3-13(19)4-6-14;1-6-2-3-7-4-5;1-2/h3-8,11,25H,9-10,12H2,1-2H3,(H,21,24);4H,2-3H2,1H3;1-2H. The predicted octanol–water partition coefficient (Wildman–Crippen LogP) is 3.19. The summed E-state index contributed by atoms with van der Waals surface area (Å²) in [4.78, 5) is 23.4. The number of benzene rings is 2. The molecule has 36 heavy (non-hydrogen) atoms. The molecule has 0 aliphatic heterocycles. The third kappa shape index (κ3) is 14.9. The second-order valence-corrected chi connectivity index (χ2v) is 8.07. The smallest absolute Gasteiger partial charge is 0.293 e. The van der Waals surface area contributed by atoms with E-state index < -0.39 is 17.5 Å². The molecule has 0 radical (unpaired) electrons. The number of likely N-dealkylation sites (N-methyl/N-ethyl adjacent to an activating group) is 1. The van der Waals surface area contributed by atoms with Crippen molar-refractivity contribution in [3.63, 3.8) is 0 Å². The van der Waals surface area contributed by atoms with Crippen LogP contribution in [0.2, 0.25) is 0 Å². The first-order valence-corrected chi connectivity index (χ1v) is 11.2. The summed E-state index contributed by atoms with van der Waals surface area (Å²) in [6.45, 7) is 2.38. The van der Waals surface area contributed by atoms with Gasteiger partial charge in [-0.05, 0) is 68.5 Å². The van der Waals surface area contributed by atoms with Crippen LogP contribution in [-0.2, 0) is 19.1 Å². The van der Waals surface area contributed by atoms with Gasteiger partial charge in [0.05, 0.1) is 13.2 Å². The van der Waals surface area contributed by atoms with Gasteiger partial charge < -0.3 is 19.1 Å². The number of rotatable bonds is 13. The maximum atomic E-state index is 14.3. The topological polar surface area (TPSA) is 101 Å². The van der Waals surface area contributed by atoms with Gasteiger partial charge in [-0.25, -0.2) is 18.6 Å². The Morgan fingerprint density at radius 3 is 2.31 bits per heavy atom. The Morgan fingerprint density at radius 2 is 1.78 bits per heavy atom. The van der Waals surface area contributed by atoms with Gasteiger partial charge in [-0.1, -0.05) is 0 Å². The minimum atomic E-state index is -0.580. The third-order valence-corrected chi connectivity index (χ3v) is 4.93. The summed E-state index contributed by atoms with van der Waals surface area (Å²) < 4.78 is 43.2. The molecule has 0 spiro atoms. The van der Waals surface area contributed by atoms with Crippen molar-refractivity contribution < 1.29 is 37.8 Å². The van der Waals surface area contributed by atoms with Gasteiger partial charge in [0.25, 0.3) is 12.4 Å². The highest BCUT2D eigenvalue weighted by atomic mass is 32.2. The zero-order valence-corrected chi connectivity index (χ0v) is 21.2. The lowest BCUT2D eigenvalue weighted by molar-refractivity contribution is -0.130. The molecule has 0 saturated carbocycles. The molecule has 0 bridgehead atoms. The minimum Gasteiger partial charge on any atom is -0.465 e. The summed E-state index contributed by atoms with van der Waals surface area (Å²) in [5.41, 5.74) is 1.59. The van der Waals surface area contributed by atoms with Gasteiger partial charge in [-0.3, -0.25) is 14.8 Å².